The summed E-state index contributed by atoms with van der Waals surface area (Å²) in [6.45, 7) is 16.6. The van der Waals surface area contributed by atoms with Crippen molar-refractivity contribution in [3.05, 3.63) is 24.4 Å². The second-order valence-corrected chi connectivity index (χ2v) is 4.45. The van der Waals surface area contributed by atoms with Crippen molar-refractivity contribution in [3.8, 4) is 0 Å². The van der Waals surface area contributed by atoms with E-state index in [0.717, 1.165) is 25.0 Å². The molecule has 0 bridgehead atoms. The van der Waals surface area contributed by atoms with Gasteiger partial charge in [-0.05, 0) is 32.1 Å². The Labute approximate surface area is 89.3 Å². The number of nitrogens with one attached hydrogen (secondary N) is 1. The van der Waals surface area contributed by atoms with Crippen LogP contribution in [0.15, 0.2) is 24.4 Å². The highest BCUT2D eigenvalue weighted by molar-refractivity contribution is 4.96. The van der Waals surface area contributed by atoms with Crippen molar-refractivity contribution in [2.45, 2.75) is 53.0 Å². The molecule has 0 rings (SSSR count). The van der Waals surface area contributed by atoms with Crippen LogP contribution in [0.25, 0.3) is 0 Å². The molecule has 1 atom stereocenters. The smallest absolute Gasteiger partial charge is 0.0284 e. The van der Waals surface area contributed by atoms with Crippen molar-refractivity contribution in [1.29, 1.82) is 0 Å². The van der Waals surface area contributed by atoms with Crippen molar-refractivity contribution >= 4 is 0 Å². The lowest BCUT2D eigenvalue weighted by molar-refractivity contribution is 0.402. The highest BCUT2D eigenvalue weighted by Crippen LogP contribution is 2.13. The van der Waals surface area contributed by atoms with Gasteiger partial charge < -0.3 is 5.32 Å². The van der Waals surface area contributed by atoms with Crippen LogP contribution in [-0.4, -0.2) is 6.04 Å². The highest BCUT2D eigenvalue weighted by Gasteiger charge is 2.12. The Morgan fingerprint density at radius 3 is 2.21 bits per heavy atom. The molecular formula is C13H25N. The van der Waals surface area contributed by atoms with E-state index in [9.17, 15) is 0 Å². The minimum atomic E-state index is 0.541. The van der Waals surface area contributed by atoms with Crippen LogP contribution in [0, 0.1) is 5.92 Å². The molecular weight excluding hydrogens is 170 g/mol. The van der Waals surface area contributed by atoms with Crippen LogP contribution in [0.2, 0.25) is 0 Å². The van der Waals surface area contributed by atoms with E-state index in [0.29, 0.717) is 12.0 Å². The number of allylic oxidation sites excluding steroid dienone is 2. The molecule has 0 aromatic carbocycles. The molecule has 1 heteroatoms. The molecule has 0 saturated heterocycles. The summed E-state index contributed by atoms with van der Waals surface area (Å²) in [5, 5.41) is 3.49. The summed E-state index contributed by atoms with van der Waals surface area (Å²) in [5.41, 5.74) is 2.41. The molecule has 82 valence electrons. The molecule has 0 aliphatic rings. The van der Waals surface area contributed by atoms with Gasteiger partial charge in [0.15, 0.2) is 0 Å². The zero-order valence-electron chi connectivity index (χ0n) is 10.2. The molecule has 1 N–H and O–H groups in total. The Kier molecular flexibility index (Phi) is 6.35. The highest BCUT2D eigenvalue weighted by atomic mass is 14.9. The van der Waals surface area contributed by atoms with Gasteiger partial charge in [0.05, 0.1) is 0 Å². The van der Waals surface area contributed by atoms with Gasteiger partial charge in [0.25, 0.3) is 0 Å². The fourth-order valence-electron chi connectivity index (χ4n) is 1.34. The Balaban J connectivity index is 4.02. The zero-order valence-corrected chi connectivity index (χ0v) is 10.2. The first-order chi connectivity index (χ1) is 6.47. The van der Waals surface area contributed by atoms with E-state index >= 15 is 0 Å². The van der Waals surface area contributed by atoms with Crippen molar-refractivity contribution < 1.29 is 0 Å². The summed E-state index contributed by atoms with van der Waals surface area (Å²) in [4.78, 5) is 0. The number of hydrogen-bond donors (Lipinski definition) is 1. The van der Waals surface area contributed by atoms with Crippen LogP contribution in [0.4, 0.5) is 0 Å². The van der Waals surface area contributed by atoms with Crippen LogP contribution in [0.5, 0.6) is 0 Å². The van der Waals surface area contributed by atoms with E-state index in [1.807, 2.05) is 0 Å². The van der Waals surface area contributed by atoms with Gasteiger partial charge in [0.1, 0.15) is 0 Å². The lowest BCUT2D eigenvalue weighted by Gasteiger charge is -2.24. The third-order valence-corrected chi connectivity index (χ3v) is 2.50. The van der Waals surface area contributed by atoms with Crippen LogP contribution in [0.1, 0.15) is 47.0 Å². The zero-order chi connectivity index (χ0) is 11.1. The van der Waals surface area contributed by atoms with E-state index in [1.54, 1.807) is 0 Å². The normalized spacial score (nSPS) is 12.6. The molecule has 0 aromatic rings. The van der Waals surface area contributed by atoms with Gasteiger partial charge in [-0.15, -0.1) is 6.58 Å². The molecule has 0 amide bonds. The third-order valence-electron chi connectivity index (χ3n) is 2.50. The van der Waals surface area contributed by atoms with Crippen molar-refractivity contribution in [2.24, 2.45) is 5.92 Å². The molecule has 0 spiro atoms. The minimum absolute atomic E-state index is 0.541. The standard InChI is InChI=1S/C13H25N/c1-7-12(6)14-13(11(4)5)9-8-10(2)3/h11,13-14H,2,6-9H2,1,3-5H3. The fraction of sp³-hybridized carbons (Fsp3) is 0.692. The van der Waals surface area contributed by atoms with Gasteiger partial charge in [-0.2, -0.15) is 0 Å². The average molecular weight is 195 g/mol. The van der Waals surface area contributed by atoms with Crippen LogP contribution in [-0.2, 0) is 0 Å². The largest absolute Gasteiger partial charge is 0.386 e. The molecule has 0 aromatic heterocycles. The monoisotopic (exact) mass is 195 g/mol. The molecule has 0 aliphatic heterocycles. The van der Waals surface area contributed by atoms with Crippen LogP contribution in [0.3, 0.4) is 0 Å². The summed E-state index contributed by atoms with van der Waals surface area (Å²) in [6, 6.07) is 0.541. The van der Waals surface area contributed by atoms with E-state index < -0.39 is 0 Å². The quantitative estimate of drug-likeness (QED) is 0.608. The molecule has 14 heavy (non-hydrogen) atoms. The maximum absolute atomic E-state index is 3.99. The summed E-state index contributed by atoms with van der Waals surface area (Å²) < 4.78 is 0. The maximum atomic E-state index is 3.99. The summed E-state index contributed by atoms with van der Waals surface area (Å²) in [7, 11) is 0. The van der Waals surface area contributed by atoms with E-state index in [4.69, 9.17) is 0 Å². The third kappa shape index (κ3) is 5.85. The molecule has 1 nitrogen and oxygen atoms in total. The Hall–Kier alpha value is -0.720. The second kappa shape index (κ2) is 6.69. The fourth-order valence-corrected chi connectivity index (χ4v) is 1.34. The summed E-state index contributed by atoms with van der Waals surface area (Å²) in [6.07, 6.45) is 3.27. The van der Waals surface area contributed by atoms with Gasteiger partial charge in [0, 0.05) is 11.7 Å². The van der Waals surface area contributed by atoms with Gasteiger partial charge in [-0.1, -0.05) is 32.9 Å². The SMILES string of the molecule is C=C(C)CCC(NC(=C)CC)C(C)C. The predicted molar refractivity (Wildman–Crippen MR) is 65.2 cm³/mol. The van der Waals surface area contributed by atoms with Gasteiger partial charge in [-0.3, -0.25) is 0 Å². The molecule has 1 unspecified atom stereocenters. The summed E-state index contributed by atoms with van der Waals surface area (Å²) in [5.74, 6) is 0.651. The van der Waals surface area contributed by atoms with Crippen molar-refractivity contribution in [2.75, 3.05) is 0 Å². The van der Waals surface area contributed by atoms with Gasteiger partial charge in [-0.25, -0.2) is 0 Å². The van der Waals surface area contributed by atoms with E-state index in [2.05, 4.69) is 46.2 Å². The molecule has 0 saturated carbocycles. The maximum Gasteiger partial charge on any atom is 0.0284 e. The number of rotatable bonds is 7. The topological polar surface area (TPSA) is 12.0 Å². The first-order valence-electron chi connectivity index (χ1n) is 5.56. The second-order valence-electron chi connectivity index (χ2n) is 4.45. The van der Waals surface area contributed by atoms with Crippen molar-refractivity contribution in [3.63, 3.8) is 0 Å². The molecule has 0 fully saturated rings. The average Bonchev–Trinajstić information content (AvgIpc) is 2.10. The van der Waals surface area contributed by atoms with E-state index in [1.165, 1.54) is 5.57 Å². The van der Waals surface area contributed by atoms with Gasteiger partial charge >= 0.3 is 0 Å². The molecule has 0 heterocycles. The van der Waals surface area contributed by atoms with Crippen LogP contribution >= 0.6 is 0 Å². The van der Waals surface area contributed by atoms with E-state index in [-0.39, 0.29) is 0 Å². The Morgan fingerprint density at radius 2 is 1.86 bits per heavy atom. The van der Waals surface area contributed by atoms with Gasteiger partial charge in [0.2, 0.25) is 0 Å². The predicted octanol–water partition coefficient (Wildman–Crippen LogP) is 3.88. The first kappa shape index (κ1) is 13.3. The number of hydrogen-bond acceptors (Lipinski definition) is 1. The molecule has 0 radical (unpaired) electrons. The first-order valence-corrected chi connectivity index (χ1v) is 5.56. The van der Waals surface area contributed by atoms with Crippen LogP contribution < -0.4 is 5.32 Å². The lowest BCUT2D eigenvalue weighted by atomic mass is 9.97. The van der Waals surface area contributed by atoms with Crippen molar-refractivity contribution in [1.82, 2.24) is 5.32 Å². The molecule has 0 aliphatic carbocycles. The Morgan fingerprint density at radius 1 is 1.29 bits per heavy atom. The minimum Gasteiger partial charge on any atom is -0.386 e. The Bertz CT molecular complexity index is 191. The summed E-state index contributed by atoms with van der Waals surface area (Å²) >= 11 is 0. The lowest BCUT2D eigenvalue weighted by Crippen LogP contribution is -2.32.